The van der Waals surface area contributed by atoms with Crippen LogP contribution in [0.5, 0.6) is 11.6 Å². The predicted octanol–water partition coefficient (Wildman–Crippen LogP) is 5.50. The summed E-state index contributed by atoms with van der Waals surface area (Å²) in [5.74, 6) is 1.87. The highest BCUT2D eigenvalue weighted by molar-refractivity contribution is 6.30. The molecule has 4 rings (SSSR count). The Morgan fingerprint density at radius 2 is 1.93 bits per heavy atom. The first-order chi connectivity index (χ1) is 14.7. The lowest BCUT2D eigenvalue weighted by atomic mass is 10.1. The molecule has 0 amide bonds. The van der Waals surface area contributed by atoms with Crippen LogP contribution in [0.1, 0.15) is 36.9 Å². The molecule has 0 atom stereocenters. The summed E-state index contributed by atoms with van der Waals surface area (Å²) in [6.45, 7) is 3.55. The lowest BCUT2D eigenvalue weighted by Crippen LogP contribution is -2.33. The van der Waals surface area contributed by atoms with E-state index < -0.39 is 0 Å². The molecule has 1 aliphatic rings. The molecular formula is C22H23ClN4O3. The van der Waals surface area contributed by atoms with E-state index in [1.54, 1.807) is 30.5 Å². The standard InChI is InChI=1S/C22H23ClN4O3/c1-15-6-8-17(21(26-28)27-12-4-2-3-5-13-27)22(25-15)29-19-9-7-16(23)14-18(19)20-10-11-24-30-20/h6-11,14,28H,2-5,12-13H2,1H3/b26-21-. The Labute approximate surface area is 179 Å². The number of oxime groups is 1. The number of amidine groups is 1. The van der Waals surface area contributed by atoms with E-state index in [0.717, 1.165) is 31.6 Å². The van der Waals surface area contributed by atoms with E-state index in [9.17, 15) is 5.21 Å². The van der Waals surface area contributed by atoms with Crippen LogP contribution in [0.2, 0.25) is 5.02 Å². The second-order valence-corrected chi connectivity index (χ2v) is 7.69. The number of pyridine rings is 1. The highest BCUT2D eigenvalue weighted by Crippen LogP contribution is 2.36. The van der Waals surface area contributed by atoms with E-state index in [1.807, 2.05) is 19.1 Å². The van der Waals surface area contributed by atoms with E-state index in [1.165, 1.54) is 12.8 Å². The third-order valence-electron chi connectivity index (χ3n) is 5.09. The minimum atomic E-state index is 0.357. The van der Waals surface area contributed by atoms with Crippen LogP contribution < -0.4 is 4.74 Å². The van der Waals surface area contributed by atoms with Crippen molar-refractivity contribution in [2.24, 2.45) is 5.16 Å². The summed E-state index contributed by atoms with van der Waals surface area (Å²) >= 11 is 6.19. The SMILES string of the molecule is Cc1ccc(/C(=N/O)N2CCCCCC2)c(Oc2ccc(Cl)cc2-c2ccno2)n1. The smallest absolute Gasteiger partial charge is 0.230 e. The summed E-state index contributed by atoms with van der Waals surface area (Å²) in [4.78, 5) is 6.67. The topological polar surface area (TPSA) is 84.0 Å². The third kappa shape index (κ3) is 4.41. The van der Waals surface area contributed by atoms with Gasteiger partial charge in [-0.1, -0.05) is 34.8 Å². The molecule has 1 N–H and O–H groups in total. The maximum Gasteiger partial charge on any atom is 0.230 e. The minimum absolute atomic E-state index is 0.357. The minimum Gasteiger partial charge on any atom is -0.437 e. The highest BCUT2D eigenvalue weighted by atomic mass is 35.5. The number of ether oxygens (including phenoxy) is 1. The average Bonchev–Trinajstić information content (AvgIpc) is 3.15. The third-order valence-corrected chi connectivity index (χ3v) is 5.33. The fraction of sp³-hybridized carbons (Fsp3) is 0.318. The van der Waals surface area contributed by atoms with Crippen LogP contribution in [-0.4, -0.2) is 39.2 Å². The Morgan fingerprint density at radius 3 is 2.63 bits per heavy atom. The van der Waals surface area contributed by atoms with Gasteiger partial charge in [-0.15, -0.1) is 0 Å². The van der Waals surface area contributed by atoms with E-state index in [2.05, 4.69) is 20.2 Å². The Morgan fingerprint density at radius 1 is 1.13 bits per heavy atom. The fourth-order valence-electron chi connectivity index (χ4n) is 3.59. The van der Waals surface area contributed by atoms with E-state index in [-0.39, 0.29) is 0 Å². The van der Waals surface area contributed by atoms with Crippen molar-refractivity contribution >= 4 is 17.4 Å². The lowest BCUT2D eigenvalue weighted by molar-refractivity contribution is 0.300. The van der Waals surface area contributed by atoms with Crippen molar-refractivity contribution in [1.82, 2.24) is 15.0 Å². The van der Waals surface area contributed by atoms with Crippen LogP contribution >= 0.6 is 11.6 Å². The van der Waals surface area contributed by atoms with Gasteiger partial charge in [-0.25, -0.2) is 4.98 Å². The van der Waals surface area contributed by atoms with Crippen molar-refractivity contribution in [2.45, 2.75) is 32.6 Å². The van der Waals surface area contributed by atoms with Crippen LogP contribution in [0.25, 0.3) is 11.3 Å². The van der Waals surface area contributed by atoms with Gasteiger partial charge in [0.05, 0.1) is 17.3 Å². The molecule has 0 bridgehead atoms. The van der Waals surface area contributed by atoms with Crippen LogP contribution in [-0.2, 0) is 0 Å². The molecule has 156 valence electrons. The van der Waals surface area contributed by atoms with E-state index in [4.69, 9.17) is 20.9 Å². The normalized spacial score (nSPS) is 15.1. The molecule has 0 saturated carbocycles. The summed E-state index contributed by atoms with van der Waals surface area (Å²) < 4.78 is 11.5. The predicted molar refractivity (Wildman–Crippen MR) is 114 cm³/mol. The van der Waals surface area contributed by atoms with Gasteiger partial charge in [-0.05, 0) is 50.1 Å². The Kier molecular flexibility index (Phi) is 6.18. The van der Waals surface area contributed by atoms with Gasteiger partial charge in [0.15, 0.2) is 11.6 Å². The monoisotopic (exact) mass is 426 g/mol. The number of halogens is 1. The molecule has 1 fully saturated rings. The number of benzene rings is 1. The van der Waals surface area contributed by atoms with Crippen molar-refractivity contribution in [3.05, 3.63) is 58.9 Å². The van der Waals surface area contributed by atoms with Gasteiger partial charge in [-0.2, -0.15) is 0 Å². The Balaban J connectivity index is 1.73. The number of rotatable bonds is 4. The van der Waals surface area contributed by atoms with Crippen molar-refractivity contribution in [2.75, 3.05) is 13.1 Å². The quantitative estimate of drug-likeness (QED) is 0.256. The van der Waals surface area contributed by atoms with Crippen LogP contribution in [0.4, 0.5) is 0 Å². The number of hydrogen-bond acceptors (Lipinski definition) is 6. The van der Waals surface area contributed by atoms with Gasteiger partial charge in [0, 0.05) is 29.9 Å². The number of aromatic nitrogens is 2. The molecule has 8 heteroatoms. The molecule has 30 heavy (non-hydrogen) atoms. The number of aryl methyl sites for hydroxylation is 1. The van der Waals surface area contributed by atoms with E-state index in [0.29, 0.717) is 39.4 Å². The molecule has 0 spiro atoms. The van der Waals surface area contributed by atoms with Crippen LogP contribution in [0.3, 0.4) is 0 Å². The van der Waals surface area contributed by atoms with Crippen LogP contribution in [0.15, 0.2) is 52.3 Å². The maximum absolute atomic E-state index is 9.85. The zero-order valence-electron chi connectivity index (χ0n) is 16.7. The molecule has 1 aliphatic heterocycles. The molecule has 0 unspecified atom stereocenters. The second kappa shape index (κ2) is 9.17. The summed E-state index contributed by atoms with van der Waals surface area (Å²) in [5, 5.41) is 17.8. The molecule has 7 nitrogen and oxygen atoms in total. The van der Waals surface area contributed by atoms with Crippen molar-refractivity contribution < 1.29 is 14.5 Å². The summed E-state index contributed by atoms with van der Waals surface area (Å²) in [5.41, 5.74) is 2.08. The zero-order chi connectivity index (χ0) is 20.9. The van der Waals surface area contributed by atoms with Gasteiger partial charge in [0.1, 0.15) is 5.75 Å². The van der Waals surface area contributed by atoms with Gasteiger partial charge in [-0.3, -0.25) is 0 Å². The van der Waals surface area contributed by atoms with Crippen molar-refractivity contribution in [3.8, 4) is 23.0 Å². The first-order valence-corrected chi connectivity index (χ1v) is 10.4. The lowest BCUT2D eigenvalue weighted by Gasteiger charge is -2.24. The average molecular weight is 427 g/mol. The highest BCUT2D eigenvalue weighted by Gasteiger charge is 2.22. The first-order valence-electron chi connectivity index (χ1n) is 9.99. The van der Waals surface area contributed by atoms with Crippen LogP contribution in [0, 0.1) is 6.92 Å². The van der Waals surface area contributed by atoms with E-state index >= 15 is 0 Å². The van der Waals surface area contributed by atoms with Crippen molar-refractivity contribution in [3.63, 3.8) is 0 Å². The summed E-state index contributed by atoms with van der Waals surface area (Å²) in [7, 11) is 0. The Bertz CT molecular complexity index is 1030. The molecule has 3 aromatic rings. The molecule has 3 heterocycles. The molecule has 1 saturated heterocycles. The summed E-state index contributed by atoms with van der Waals surface area (Å²) in [6, 6.07) is 10.7. The second-order valence-electron chi connectivity index (χ2n) is 7.25. The summed E-state index contributed by atoms with van der Waals surface area (Å²) in [6.07, 6.45) is 6.03. The number of likely N-dealkylation sites (tertiary alicyclic amines) is 1. The van der Waals surface area contributed by atoms with Gasteiger partial charge >= 0.3 is 0 Å². The van der Waals surface area contributed by atoms with Crippen molar-refractivity contribution in [1.29, 1.82) is 0 Å². The van der Waals surface area contributed by atoms with Gasteiger partial charge < -0.3 is 19.4 Å². The van der Waals surface area contributed by atoms with Gasteiger partial charge in [0.25, 0.3) is 0 Å². The number of nitrogens with zero attached hydrogens (tertiary/aromatic N) is 4. The van der Waals surface area contributed by atoms with Gasteiger partial charge in [0.2, 0.25) is 5.88 Å². The molecular weight excluding hydrogens is 404 g/mol. The maximum atomic E-state index is 9.85. The first kappa shape index (κ1) is 20.2. The number of hydrogen-bond donors (Lipinski definition) is 1. The largest absolute Gasteiger partial charge is 0.437 e. The molecule has 2 aromatic heterocycles. The molecule has 0 aliphatic carbocycles. The zero-order valence-corrected chi connectivity index (χ0v) is 17.5. The molecule has 1 aromatic carbocycles. The molecule has 0 radical (unpaired) electrons. The Hall–Kier alpha value is -3.06. The fourth-order valence-corrected chi connectivity index (χ4v) is 3.77.